The molecule has 0 spiro atoms. The summed E-state index contributed by atoms with van der Waals surface area (Å²) in [5, 5.41) is 13.5. The maximum Gasteiger partial charge on any atom is 0.254 e. The third-order valence-corrected chi connectivity index (χ3v) is 2.88. The number of carbonyl (C=O) groups excluding carboxylic acids is 1. The van der Waals surface area contributed by atoms with Crippen LogP contribution in [0.2, 0.25) is 0 Å². The van der Waals surface area contributed by atoms with E-state index in [0.29, 0.717) is 0 Å². The molecule has 0 bridgehead atoms. The molecule has 1 saturated carbocycles. The van der Waals surface area contributed by atoms with Gasteiger partial charge in [0.2, 0.25) is 5.95 Å². The van der Waals surface area contributed by atoms with Crippen LogP contribution in [0.3, 0.4) is 0 Å². The zero-order chi connectivity index (χ0) is 25.1. The van der Waals surface area contributed by atoms with E-state index in [9.17, 15) is 9.90 Å². The highest BCUT2D eigenvalue weighted by Gasteiger charge is 2.26. The first-order valence-corrected chi connectivity index (χ1v) is 7.06. The van der Waals surface area contributed by atoms with E-state index < -0.39 is 72.7 Å². The second-order valence-corrected chi connectivity index (χ2v) is 6.18. The normalized spacial score (nSPS) is 40.0. The monoisotopic (exact) mass is 330 g/mol. The number of hydrogen-bond donors (Lipinski definition) is 4. The van der Waals surface area contributed by atoms with Gasteiger partial charge in [-0.05, 0) is 45.9 Å². The van der Waals surface area contributed by atoms with Crippen LogP contribution >= 0.6 is 0 Å². The Morgan fingerprint density at radius 3 is 3.09 bits per heavy atom. The van der Waals surface area contributed by atoms with Crippen LogP contribution in [0, 0.1) is 5.92 Å². The Morgan fingerprint density at radius 2 is 2.48 bits per heavy atom. The predicted molar refractivity (Wildman–Crippen MR) is 88.9 cm³/mol. The van der Waals surface area contributed by atoms with Crippen molar-refractivity contribution in [3.63, 3.8) is 0 Å². The Labute approximate surface area is 149 Å². The van der Waals surface area contributed by atoms with Crippen molar-refractivity contribution in [2.45, 2.75) is 64.5 Å². The summed E-state index contributed by atoms with van der Waals surface area (Å²) in [4.78, 5) is 22.3. The standard InChI is InChI=1S/C16H27N5O2/c1-9-5-6-10(7-12(9)22)19-14-11(13(17)23)8-18-15(20-14)21-16(2,3)4/h8-10,12,22H,5-7H2,1-4H3,(H2,17,23)(H2,18,19,20,21)/i1D3,6D2,7D2,8D,12D. The van der Waals surface area contributed by atoms with Crippen LogP contribution in [-0.2, 0) is 0 Å². The fourth-order valence-corrected chi connectivity index (χ4v) is 1.88. The first-order valence-electron chi connectivity index (χ1n) is 11.6. The number of aromatic amines is 1. The molecule has 5 N–H and O–H groups in total. The molecule has 23 heavy (non-hydrogen) atoms. The summed E-state index contributed by atoms with van der Waals surface area (Å²) in [6.45, 7) is 2.32. The molecule has 1 aromatic rings. The van der Waals surface area contributed by atoms with E-state index in [2.05, 4.69) is 20.3 Å². The number of nitrogens with two attached hydrogens (primary N) is 1. The summed E-state index contributed by atoms with van der Waals surface area (Å²) in [5.41, 5.74) is 3.73. The van der Waals surface area contributed by atoms with Crippen LogP contribution in [0.25, 0.3) is 0 Å². The number of amides is 1. The SMILES string of the molecule is [2H]c1nc(NC(C)(C)C)[nH]c(=NC2C([2H])([2H])CC(C([2H])([2H])[2H])C([2H])(O)C2([2H])[2H])c1C(N)=O. The topological polar surface area (TPSA) is 116 Å². The van der Waals surface area contributed by atoms with E-state index in [-0.39, 0.29) is 5.95 Å². The Hall–Kier alpha value is -1.89. The quantitative estimate of drug-likeness (QED) is 0.665. The Balaban J connectivity index is 2.79. The summed E-state index contributed by atoms with van der Waals surface area (Å²) < 4.78 is 71.8. The van der Waals surface area contributed by atoms with Gasteiger partial charge in [-0.3, -0.25) is 9.79 Å². The molecule has 7 heteroatoms. The van der Waals surface area contributed by atoms with Gasteiger partial charge in [-0.25, -0.2) is 4.98 Å². The highest BCUT2D eigenvalue weighted by Crippen LogP contribution is 2.25. The molecule has 1 fully saturated rings. The highest BCUT2D eigenvalue weighted by atomic mass is 16.3. The lowest BCUT2D eigenvalue weighted by Crippen LogP contribution is -2.34. The smallest absolute Gasteiger partial charge is 0.254 e. The molecule has 3 unspecified atom stereocenters. The number of H-pyrrole nitrogens is 1. The van der Waals surface area contributed by atoms with E-state index in [1.165, 1.54) is 0 Å². The van der Waals surface area contributed by atoms with Gasteiger partial charge in [-0.2, -0.15) is 0 Å². The van der Waals surface area contributed by atoms with Crippen molar-refractivity contribution < 1.29 is 22.2 Å². The van der Waals surface area contributed by atoms with Crippen LogP contribution in [0.5, 0.6) is 0 Å². The van der Waals surface area contributed by atoms with Gasteiger partial charge >= 0.3 is 0 Å². The molecule has 0 radical (unpaired) electrons. The second-order valence-electron chi connectivity index (χ2n) is 6.18. The molecule has 3 atom stereocenters. The molecule has 1 aliphatic carbocycles. The molecule has 128 valence electrons. The van der Waals surface area contributed by atoms with Crippen molar-refractivity contribution in [1.82, 2.24) is 9.97 Å². The van der Waals surface area contributed by atoms with E-state index in [4.69, 9.17) is 18.1 Å². The number of hydrogen-bond acceptors (Lipinski definition) is 5. The number of nitrogens with zero attached hydrogens (tertiary/aromatic N) is 2. The van der Waals surface area contributed by atoms with E-state index in [1.807, 2.05) is 0 Å². The van der Waals surface area contributed by atoms with Gasteiger partial charge in [0.25, 0.3) is 5.91 Å². The fraction of sp³-hybridized carbons (Fsp3) is 0.688. The summed E-state index contributed by atoms with van der Waals surface area (Å²) in [5.74, 6) is -3.21. The number of aliphatic hydroxyl groups is 1. The highest BCUT2D eigenvalue weighted by molar-refractivity contribution is 5.92. The fourth-order valence-electron chi connectivity index (χ4n) is 1.88. The van der Waals surface area contributed by atoms with E-state index >= 15 is 0 Å². The number of primary amides is 1. The van der Waals surface area contributed by atoms with Gasteiger partial charge in [0.1, 0.15) is 5.49 Å². The van der Waals surface area contributed by atoms with Crippen molar-refractivity contribution in [3.8, 4) is 0 Å². The summed E-state index contributed by atoms with van der Waals surface area (Å²) in [7, 11) is 0. The van der Waals surface area contributed by atoms with Crippen LogP contribution in [0.4, 0.5) is 5.95 Å². The minimum atomic E-state index is -3.23. The average Bonchev–Trinajstić information content (AvgIpc) is 2.52. The van der Waals surface area contributed by atoms with Crippen LogP contribution in [-0.4, -0.2) is 38.6 Å². The van der Waals surface area contributed by atoms with Crippen molar-refractivity contribution in [2.75, 3.05) is 5.32 Å². The Morgan fingerprint density at radius 1 is 1.74 bits per heavy atom. The van der Waals surface area contributed by atoms with Crippen LogP contribution in [0.15, 0.2) is 11.2 Å². The van der Waals surface area contributed by atoms with Crippen molar-refractivity contribution in [3.05, 3.63) is 17.2 Å². The van der Waals surface area contributed by atoms with Crippen molar-refractivity contribution >= 4 is 11.9 Å². The maximum absolute atomic E-state index is 11.9. The van der Waals surface area contributed by atoms with Gasteiger partial charge in [0, 0.05) is 21.3 Å². The molecular weight excluding hydrogens is 294 g/mol. The average molecular weight is 330 g/mol. The number of nitrogens with one attached hydrogen (secondary N) is 2. The zero-order valence-corrected chi connectivity index (χ0v) is 13.2. The lowest BCUT2D eigenvalue weighted by Gasteiger charge is -2.28. The predicted octanol–water partition coefficient (Wildman–Crippen LogP) is 1.17. The summed E-state index contributed by atoms with van der Waals surface area (Å²) in [6, 6.07) is -2.12. The van der Waals surface area contributed by atoms with Crippen molar-refractivity contribution in [2.24, 2.45) is 16.6 Å². The van der Waals surface area contributed by atoms with Crippen molar-refractivity contribution in [1.29, 1.82) is 0 Å². The molecule has 2 rings (SSSR count). The third kappa shape index (κ3) is 4.79. The molecule has 1 aliphatic rings. The number of carbonyl (C=O) groups is 1. The molecule has 1 amide bonds. The Bertz CT molecular complexity index is 966. The van der Waals surface area contributed by atoms with Gasteiger partial charge in [-0.1, -0.05) is 6.85 Å². The minimum absolute atomic E-state index is 0.0373. The maximum atomic E-state index is 11.9. The zero-order valence-electron chi connectivity index (χ0n) is 22.2. The second kappa shape index (κ2) is 6.70. The molecular formula is C16H27N5O2. The summed E-state index contributed by atoms with van der Waals surface area (Å²) >= 11 is 0. The number of anilines is 1. The first-order chi connectivity index (χ1) is 14.1. The molecule has 1 aromatic heterocycles. The lowest BCUT2D eigenvalue weighted by atomic mass is 9.85. The molecule has 0 aliphatic heterocycles. The molecule has 0 saturated heterocycles. The van der Waals surface area contributed by atoms with Gasteiger partial charge in [-0.15, -0.1) is 0 Å². The van der Waals surface area contributed by atoms with E-state index in [0.717, 1.165) is 0 Å². The molecule has 7 nitrogen and oxygen atoms in total. The third-order valence-electron chi connectivity index (χ3n) is 2.88. The summed E-state index contributed by atoms with van der Waals surface area (Å²) in [6.07, 6.45) is -10.6. The Kier molecular flexibility index (Phi) is 2.57. The number of aromatic nitrogens is 2. The number of rotatable bonds is 3. The first kappa shape index (κ1) is 8.82. The molecule has 1 heterocycles. The minimum Gasteiger partial charge on any atom is -0.393 e. The molecule has 0 aromatic carbocycles. The van der Waals surface area contributed by atoms with Crippen LogP contribution < -0.4 is 16.5 Å². The van der Waals surface area contributed by atoms with E-state index in [1.54, 1.807) is 20.8 Å². The van der Waals surface area contributed by atoms with Gasteiger partial charge < -0.3 is 21.1 Å². The largest absolute Gasteiger partial charge is 0.393 e. The lowest BCUT2D eigenvalue weighted by molar-refractivity contribution is 0.0704. The van der Waals surface area contributed by atoms with Crippen LogP contribution in [0.1, 0.15) is 69.5 Å². The van der Waals surface area contributed by atoms with Gasteiger partial charge in [0.15, 0.2) is 0 Å². The van der Waals surface area contributed by atoms with Gasteiger partial charge in [0.05, 0.1) is 20.4 Å².